The molecule has 5 heteroatoms. The van der Waals surface area contributed by atoms with Gasteiger partial charge in [-0.1, -0.05) is 62.1 Å². The van der Waals surface area contributed by atoms with Crippen molar-refractivity contribution in [2.75, 3.05) is 39.3 Å². The third kappa shape index (κ3) is 8.07. The van der Waals surface area contributed by atoms with Crippen molar-refractivity contribution in [3.05, 3.63) is 0 Å². The highest BCUT2D eigenvalue weighted by Gasteiger charge is 2.39. The molecule has 4 nitrogen and oxygen atoms in total. The molecule has 188 valence electrons. The van der Waals surface area contributed by atoms with Gasteiger partial charge in [-0.2, -0.15) is 0 Å². The van der Waals surface area contributed by atoms with Gasteiger partial charge >= 0.3 is 0 Å². The van der Waals surface area contributed by atoms with E-state index >= 15 is 0 Å². The molecule has 3 fully saturated rings. The SMILES string of the molecule is CCCCCN1CCN(C(CCN)C2CC(N)CCC2CC2CCC(C(C)I)CC2)CC1. The van der Waals surface area contributed by atoms with E-state index in [1.807, 2.05) is 0 Å². The fraction of sp³-hybridized carbons (Fsp3) is 1.00. The molecule has 5 atom stereocenters. The third-order valence-corrected chi connectivity index (χ3v) is 10.2. The van der Waals surface area contributed by atoms with E-state index < -0.39 is 0 Å². The summed E-state index contributed by atoms with van der Waals surface area (Å²) in [5, 5.41) is 0. The molecule has 0 aromatic carbocycles. The van der Waals surface area contributed by atoms with Crippen LogP contribution in [0.5, 0.6) is 0 Å². The van der Waals surface area contributed by atoms with Crippen molar-refractivity contribution in [1.82, 2.24) is 9.80 Å². The second-order valence-electron chi connectivity index (χ2n) is 11.4. The monoisotopic (exact) mass is 560 g/mol. The number of hydrogen-bond acceptors (Lipinski definition) is 4. The van der Waals surface area contributed by atoms with E-state index in [4.69, 9.17) is 11.5 Å². The van der Waals surface area contributed by atoms with Crippen molar-refractivity contribution < 1.29 is 0 Å². The van der Waals surface area contributed by atoms with Crippen LogP contribution in [0.2, 0.25) is 0 Å². The average molecular weight is 561 g/mol. The molecule has 4 N–H and O–H groups in total. The number of alkyl halides is 1. The molecule has 0 spiro atoms. The highest BCUT2D eigenvalue weighted by atomic mass is 127. The number of piperazine rings is 1. The lowest BCUT2D eigenvalue weighted by Gasteiger charge is -2.48. The van der Waals surface area contributed by atoms with Crippen molar-refractivity contribution in [3.63, 3.8) is 0 Å². The largest absolute Gasteiger partial charge is 0.330 e. The standard InChI is InChI=1S/C27H53IN4/c1-3-4-5-14-31-15-17-32(18-16-31)27(12-13-29)26-20-25(30)11-10-24(26)19-22-6-8-23(9-7-22)21(2)28/h21-27H,3-20,29-30H2,1-2H3. The maximum Gasteiger partial charge on any atom is 0.0140 e. The van der Waals surface area contributed by atoms with E-state index in [1.54, 1.807) is 0 Å². The lowest BCUT2D eigenvalue weighted by molar-refractivity contribution is 0.0222. The molecule has 0 radical (unpaired) electrons. The zero-order valence-electron chi connectivity index (χ0n) is 21.2. The lowest BCUT2D eigenvalue weighted by atomic mass is 9.67. The van der Waals surface area contributed by atoms with Gasteiger partial charge in [0.05, 0.1) is 0 Å². The number of hydrogen-bond donors (Lipinski definition) is 2. The van der Waals surface area contributed by atoms with Crippen LogP contribution in [0.15, 0.2) is 0 Å². The second-order valence-corrected chi connectivity index (χ2v) is 13.4. The first-order chi connectivity index (χ1) is 15.5. The van der Waals surface area contributed by atoms with E-state index in [-0.39, 0.29) is 0 Å². The summed E-state index contributed by atoms with van der Waals surface area (Å²) in [6, 6.07) is 1.06. The lowest BCUT2D eigenvalue weighted by Crippen LogP contribution is -2.55. The van der Waals surface area contributed by atoms with Gasteiger partial charge in [-0.05, 0) is 88.1 Å². The van der Waals surface area contributed by atoms with Gasteiger partial charge in [0.15, 0.2) is 0 Å². The van der Waals surface area contributed by atoms with Crippen LogP contribution >= 0.6 is 22.6 Å². The van der Waals surface area contributed by atoms with Crippen LogP contribution < -0.4 is 11.5 Å². The number of unbranched alkanes of at least 4 members (excludes halogenated alkanes) is 2. The van der Waals surface area contributed by atoms with Crippen LogP contribution in [-0.2, 0) is 0 Å². The maximum absolute atomic E-state index is 6.57. The summed E-state index contributed by atoms with van der Waals surface area (Å²) >= 11 is 2.65. The summed E-state index contributed by atoms with van der Waals surface area (Å²) < 4.78 is 0.837. The Bertz CT molecular complexity index is 500. The van der Waals surface area contributed by atoms with Crippen molar-refractivity contribution >= 4 is 22.6 Å². The molecule has 5 unspecified atom stereocenters. The topological polar surface area (TPSA) is 58.5 Å². The molecular weight excluding hydrogens is 507 g/mol. The van der Waals surface area contributed by atoms with E-state index in [0.717, 1.165) is 40.6 Å². The predicted octanol–water partition coefficient (Wildman–Crippen LogP) is 5.28. The predicted molar refractivity (Wildman–Crippen MR) is 147 cm³/mol. The first-order valence-corrected chi connectivity index (χ1v) is 15.3. The van der Waals surface area contributed by atoms with Crippen molar-refractivity contribution in [2.45, 2.75) is 107 Å². The Labute approximate surface area is 213 Å². The molecule has 3 aliphatic rings. The normalized spacial score (nSPS) is 35.0. The van der Waals surface area contributed by atoms with Crippen LogP contribution in [-0.4, -0.2) is 65.1 Å². The van der Waals surface area contributed by atoms with Crippen molar-refractivity contribution in [3.8, 4) is 0 Å². The molecule has 0 aromatic rings. The van der Waals surface area contributed by atoms with Crippen LogP contribution in [0, 0.1) is 23.7 Å². The molecule has 1 heterocycles. The minimum Gasteiger partial charge on any atom is -0.330 e. The number of nitrogens with two attached hydrogens (primary N) is 2. The molecule has 1 saturated heterocycles. The summed E-state index contributed by atoms with van der Waals surface area (Å²) in [6.07, 6.45) is 16.3. The molecule has 3 rings (SSSR count). The molecular formula is C27H53IN4. The number of nitrogens with zero attached hydrogens (tertiary/aromatic N) is 2. The number of halogens is 1. The van der Waals surface area contributed by atoms with Gasteiger partial charge in [0, 0.05) is 42.2 Å². The summed E-state index contributed by atoms with van der Waals surface area (Å²) in [5.74, 6) is 3.54. The Morgan fingerprint density at radius 2 is 1.69 bits per heavy atom. The van der Waals surface area contributed by atoms with Crippen LogP contribution in [0.4, 0.5) is 0 Å². The Kier molecular flexibility index (Phi) is 12.1. The fourth-order valence-corrected chi connectivity index (χ4v) is 7.84. The summed E-state index contributed by atoms with van der Waals surface area (Å²) in [5.41, 5.74) is 12.8. The Morgan fingerprint density at radius 3 is 2.31 bits per heavy atom. The second kappa shape index (κ2) is 14.2. The van der Waals surface area contributed by atoms with Gasteiger partial charge in [0.1, 0.15) is 0 Å². The molecule has 0 bridgehead atoms. The smallest absolute Gasteiger partial charge is 0.0140 e. The van der Waals surface area contributed by atoms with Crippen LogP contribution in [0.3, 0.4) is 0 Å². The molecule has 2 aliphatic carbocycles. The first-order valence-electron chi connectivity index (χ1n) is 14.1. The Balaban J connectivity index is 1.57. The first kappa shape index (κ1) is 27.2. The van der Waals surface area contributed by atoms with Crippen molar-refractivity contribution in [2.24, 2.45) is 35.1 Å². The number of rotatable bonds is 11. The quantitative estimate of drug-likeness (QED) is 0.205. The van der Waals surface area contributed by atoms with Crippen LogP contribution in [0.1, 0.15) is 90.9 Å². The van der Waals surface area contributed by atoms with E-state index in [2.05, 4.69) is 46.2 Å². The Morgan fingerprint density at radius 1 is 0.969 bits per heavy atom. The minimum atomic E-state index is 0.405. The molecule has 2 saturated carbocycles. The summed E-state index contributed by atoms with van der Waals surface area (Å²) in [6.45, 7) is 11.8. The van der Waals surface area contributed by atoms with E-state index in [1.165, 1.54) is 103 Å². The summed E-state index contributed by atoms with van der Waals surface area (Å²) in [4.78, 5) is 5.52. The summed E-state index contributed by atoms with van der Waals surface area (Å²) in [7, 11) is 0. The Hall–Kier alpha value is 0.570. The van der Waals surface area contributed by atoms with Crippen LogP contribution in [0.25, 0.3) is 0 Å². The average Bonchev–Trinajstić information content (AvgIpc) is 2.80. The third-order valence-electron chi connectivity index (χ3n) is 9.18. The van der Waals surface area contributed by atoms with Gasteiger partial charge < -0.3 is 16.4 Å². The van der Waals surface area contributed by atoms with E-state index in [0.29, 0.717) is 12.1 Å². The molecule has 0 aromatic heterocycles. The van der Waals surface area contributed by atoms with Gasteiger partial charge in [-0.25, -0.2) is 0 Å². The van der Waals surface area contributed by atoms with Gasteiger partial charge in [0.25, 0.3) is 0 Å². The van der Waals surface area contributed by atoms with Crippen molar-refractivity contribution in [1.29, 1.82) is 0 Å². The zero-order valence-corrected chi connectivity index (χ0v) is 23.4. The molecule has 0 amide bonds. The minimum absolute atomic E-state index is 0.405. The van der Waals surface area contributed by atoms with E-state index in [9.17, 15) is 0 Å². The fourth-order valence-electron chi connectivity index (χ4n) is 7.12. The highest BCUT2D eigenvalue weighted by molar-refractivity contribution is 14.1. The van der Waals surface area contributed by atoms with Gasteiger partial charge in [-0.3, -0.25) is 4.90 Å². The zero-order chi connectivity index (χ0) is 22.9. The molecule has 1 aliphatic heterocycles. The maximum atomic E-state index is 6.57. The highest BCUT2D eigenvalue weighted by Crippen LogP contribution is 2.43. The molecule has 32 heavy (non-hydrogen) atoms. The van der Waals surface area contributed by atoms with Gasteiger partial charge in [-0.15, -0.1) is 0 Å². The van der Waals surface area contributed by atoms with Gasteiger partial charge in [0.2, 0.25) is 0 Å².